The number of aromatic nitrogens is 3. The van der Waals surface area contributed by atoms with E-state index in [0.29, 0.717) is 12.0 Å². The van der Waals surface area contributed by atoms with Crippen molar-refractivity contribution in [2.75, 3.05) is 0 Å². The lowest BCUT2D eigenvalue weighted by molar-refractivity contribution is 0.553. The Bertz CT molecular complexity index is 665. The van der Waals surface area contributed by atoms with Crippen molar-refractivity contribution < 1.29 is 12.8 Å². The molecular weight excluding hydrogens is 269 g/mol. The highest BCUT2D eigenvalue weighted by molar-refractivity contribution is 7.91. The van der Waals surface area contributed by atoms with Crippen LogP contribution in [0.25, 0.3) is 0 Å². The molecule has 2 rings (SSSR count). The molecule has 0 aliphatic rings. The second-order valence-corrected chi connectivity index (χ2v) is 6.18. The molecule has 1 aromatic heterocycles. The summed E-state index contributed by atoms with van der Waals surface area (Å²) in [5, 5.41) is 2.94. The molecule has 1 atom stereocenters. The number of rotatable bonds is 4. The van der Waals surface area contributed by atoms with Crippen LogP contribution >= 0.6 is 0 Å². The van der Waals surface area contributed by atoms with Gasteiger partial charge in [0.1, 0.15) is 12.1 Å². The predicted molar refractivity (Wildman–Crippen MR) is 67.6 cm³/mol. The lowest BCUT2D eigenvalue weighted by Gasteiger charge is -2.15. The first-order valence-electron chi connectivity index (χ1n) is 5.80. The minimum absolute atomic E-state index is 0.0799. The van der Waals surface area contributed by atoms with Gasteiger partial charge in [0.15, 0.2) is 0 Å². The van der Waals surface area contributed by atoms with Crippen LogP contribution in [0.4, 0.5) is 4.39 Å². The van der Waals surface area contributed by atoms with Gasteiger partial charge in [-0.1, -0.05) is 19.1 Å². The van der Waals surface area contributed by atoms with E-state index in [-0.39, 0.29) is 5.16 Å². The van der Waals surface area contributed by atoms with E-state index in [9.17, 15) is 12.8 Å². The summed E-state index contributed by atoms with van der Waals surface area (Å²) in [6.45, 7) is 1.77. The molecule has 0 saturated heterocycles. The third kappa shape index (κ3) is 2.51. The molecule has 0 aliphatic heterocycles. The number of hydrogen-bond donors (Lipinski definition) is 0. The molecule has 19 heavy (non-hydrogen) atoms. The second kappa shape index (κ2) is 5.08. The summed E-state index contributed by atoms with van der Waals surface area (Å²) in [5.41, 5.74) is 0.548. The predicted octanol–water partition coefficient (Wildman–Crippen LogP) is 1.88. The highest BCUT2D eigenvalue weighted by Gasteiger charge is 2.31. The zero-order valence-corrected chi connectivity index (χ0v) is 11.4. The third-order valence-electron chi connectivity index (χ3n) is 2.91. The Morgan fingerprint density at radius 2 is 1.95 bits per heavy atom. The van der Waals surface area contributed by atoms with Gasteiger partial charge in [-0.15, -0.1) is 0 Å². The van der Waals surface area contributed by atoms with Crippen LogP contribution in [0.3, 0.4) is 0 Å². The summed E-state index contributed by atoms with van der Waals surface area (Å²) in [7, 11) is -2.11. The minimum Gasteiger partial charge on any atom is -0.240 e. The van der Waals surface area contributed by atoms with Crippen molar-refractivity contribution in [1.29, 1.82) is 0 Å². The van der Waals surface area contributed by atoms with Crippen molar-refractivity contribution in [3.05, 3.63) is 42.0 Å². The Morgan fingerprint density at radius 1 is 1.32 bits per heavy atom. The fourth-order valence-electron chi connectivity index (χ4n) is 1.98. The average molecular weight is 283 g/mol. The normalized spacial score (nSPS) is 13.4. The van der Waals surface area contributed by atoms with E-state index in [0.717, 1.165) is 0 Å². The van der Waals surface area contributed by atoms with Crippen LogP contribution in [-0.4, -0.2) is 23.2 Å². The minimum atomic E-state index is -3.64. The molecular formula is C12H14FN3O2S. The summed E-state index contributed by atoms with van der Waals surface area (Å²) in [6, 6.07) is 5.48. The van der Waals surface area contributed by atoms with Crippen molar-refractivity contribution in [3.8, 4) is 0 Å². The zero-order valence-electron chi connectivity index (χ0n) is 10.6. The molecule has 0 N–H and O–H groups in total. The van der Waals surface area contributed by atoms with Gasteiger partial charge in [-0.25, -0.2) is 22.5 Å². The topological polar surface area (TPSA) is 64.8 Å². The molecule has 1 heterocycles. The Hall–Kier alpha value is -1.76. The van der Waals surface area contributed by atoms with Crippen molar-refractivity contribution in [3.63, 3.8) is 0 Å². The molecule has 0 unspecified atom stereocenters. The molecule has 1 aromatic carbocycles. The lowest BCUT2D eigenvalue weighted by atomic mass is 10.1. The molecule has 0 aliphatic carbocycles. The van der Waals surface area contributed by atoms with E-state index in [2.05, 4.69) is 10.1 Å². The largest absolute Gasteiger partial charge is 0.245 e. The maximum Gasteiger partial charge on any atom is 0.245 e. The number of nitrogens with zero attached hydrogens (tertiary/aromatic N) is 3. The molecule has 2 aromatic rings. The van der Waals surface area contributed by atoms with Crippen LogP contribution in [0.1, 0.15) is 24.2 Å². The quantitative estimate of drug-likeness (QED) is 0.859. The van der Waals surface area contributed by atoms with Crippen molar-refractivity contribution in [2.24, 2.45) is 7.05 Å². The van der Waals surface area contributed by atoms with E-state index in [1.165, 1.54) is 42.3 Å². The van der Waals surface area contributed by atoms with Gasteiger partial charge < -0.3 is 0 Å². The molecule has 0 fully saturated rings. The van der Waals surface area contributed by atoms with Gasteiger partial charge >= 0.3 is 0 Å². The number of benzene rings is 1. The smallest absolute Gasteiger partial charge is 0.240 e. The molecule has 0 radical (unpaired) electrons. The van der Waals surface area contributed by atoms with Gasteiger partial charge in [-0.2, -0.15) is 5.10 Å². The van der Waals surface area contributed by atoms with Gasteiger partial charge in [0.25, 0.3) is 0 Å². The summed E-state index contributed by atoms with van der Waals surface area (Å²) in [6.07, 6.45) is 1.57. The summed E-state index contributed by atoms with van der Waals surface area (Å²) in [4.78, 5) is 3.79. The van der Waals surface area contributed by atoms with Gasteiger partial charge in [-0.3, -0.25) is 0 Å². The number of aryl methyl sites for hydroxylation is 1. The summed E-state index contributed by atoms with van der Waals surface area (Å²) >= 11 is 0. The van der Waals surface area contributed by atoms with Gasteiger partial charge in [0, 0.05) is 7.05 Å². The Balaban J connectivity index is 2.48. The van der Waals surface area contributed by atoms with Crippen molar-refractivity contribution >= 4 is 9.84 Å². The zero-order chi connectivity index (χ0) is 14.0. The monoisotopic (exact) mass is 283 g/mol. The molecule has 0 spiro atoms. The maximum absolute atomic E-state index is 12.9. The van der Waals surface area contributed by atoms with E-state index in [1.54, 1.807) is 6.92 Å². The highest BCUT2D eigenvalue weighted by atomic mass is 32.2. The number of sulfone groups is 1. The van der Waals surface area contributed by atoms with Crippen LogP contribution in [-0.2, 0) is 16.9 Å². The standard InChI is InChI=1S/C12H14FN3O2S/c1-3-11(9-4-6-10(13)7-5-9)19(17,18)12-14-8-15-16(12)2/h4-8,11H,3H2,1-2H3/t11-/m1/s1. The van der Waals surface area contributed by atoms with Gasteiger partial charge in [-0.05, 0) is 24.1 Å². The fraction of sp³-hybridized carbons (Fsp3) is 0.333. The molecule has 7 heteroatoms. The van der Waals surface area contributed by atoms with Crippen LogP contribution in [0.5, 0.6) is 0 Å². The van der Waals surface area contributed by atoms with Crippen LogP contribution in [0.2, 0.25) is 0 Å². The third-order valence-corrected chi connectivity index (χ3v) is 5.14. The first-order valence-corrected chi connectivity index (χ1v) is 7.34. The van der Waals surface area contributed by atoms with Crippen molar-refractivity contribution in [1.82, 2.24) is 14.8 Å². The van der Waals surface area contributed by atoms with E-state index >= 15 is 0 Å². The van der Waals surface area contributed by atoms with Crippen LogP contribution in [0.15, 0.2) is 35.7 Å². The van der Waals surface area contributed by atoms with Crippen LogP contribution < -0.4 is 0 Å². The number of hydrogen-bond acceptors (Lipinski definition) is 4. The number of halogens is 1. The molecule has 0 saturated carbocycles. The SMILES string of the molecule is CC[C@H](c1ccc(F)cc1)S(=O)(=O)c1ncnn1C. The molecule has 0 amide bonds. The first-order chi connectivity index (χ1) is 8.96. The highest BCUT2D eigenvalue weighted by Crippen LogP contribution is 2.30. The fourth-order valence-corrected chi connectivity index (χ4v) is 3.80. The first kappa shape index (κ1) is 13.7. The van der Waals surface area contributed by atoms with Gasteiger partial charge in [0.05, 0.1) is 5.25 Å². The van der Waals surface area contributed by atoms with E-state index in [4.69, 9.17) is 0 Å². The second-order valence-electron chi connectivity index (χ2n) is 4.16. The van der Waals surface area contributed by atoms with E-state index in [1.807, 2.05) is 0 Å². The van der Waals surface area contributed by atoms with Crippen molar-refractivity contribution in [2.45, 2.75) is 23.8 Å². The van der Waals surface area contributed by atoms with Gasteiger partial charge in [0.2, 0.25) is 15.0 Å². The Morgan fingerprint density at radius 3 is 2.42 bits per heavy atom. The van der Waals surface area contributed by atoms with E-state index < -0.39 is 20.9 Å². The molecule has 5 nitrogen and oxygen atoms in total. The van der Waals surface area contributed by atoms with Crippen LogP contribution in [0, 0.1) is 5.82 Å². The lowest BCUT2D eigenvalue weighted by Crippen LogP contribution is -2.17. The Kier molecular flexibility index (Phi) is 3.66. The summed E-state index contributed by atoms with van der Waals surface area (Å²) < 4.78 is 39.2. The molecule has 0 bridgehead atoms. The Labute approximate surface area is 111 Å². The summed E-state index contributed by atoms with van der Waals surface area (Å²) in [5.74, 6) is -0.394. The molecule has 102 valence electrons. The average Bonchev–Trinajstić information content (AvgIpc) is 2.79. The maximum atomic E-state index is 12.9.